The Morgan fingerprint density at radius 1 is 0.549 bits per heavy atom. The Balaban J connectivity index is 0.000000227. The van der Waals surface area contributed by atoms with E-state index in [0.717, 1.165) is 25.7 Å². The van der Waals surface area contributed by atoms with Gasteiger partial charge in [-0.1, -0.05) is 243 Å². The minimum absolute atomic E-state index is 0. The standard InChI is InChI=1S/2C18H15P.C15H22N4OSi.C10H13BrN4O.C3H4.CH4.2ClH.Pd/c2*1-4-10-16(11-5-1)19(17-12-6-2-7-13-17)18-14-8-3-9-15-18;1-6-12(7-2)19-14-13(18-15(19)20)16-10-11(17-14)8-9-21(3,4)5;1-3-6(4-2)15-9-8(14-10(15)16)12-5-7(11)13-9;1-3-2;;;;/h2*1-15H;10,12H,6-7H2,1-5H3,(H,16,18,20);5-6H,3-4H2,1-2H3,(H,12,14,16);1H,2H3;1H4;2*1H;/q;;;;;;;;+2/p-2. The molecule has 0 saturated carbocycles. The van der Waals surface area contributed by atoms with E-state index in [1.165, 1.54) is 31.8 Å². The number of halogens is 3. The topological polar surface area (TPSA) is 127 Å². The van der Waals surface area contributed by atoms with Crippen LogP contribution in [0.5, 0.6) is 0 Å². The number of H-pyrrole nitrogens is 2. The molecule has 6 aromatic carbocycles. The quantitative estimate of drug-likeness (QED) is 0.0713. The molecule has 0 bridgehead atoms. The van der Waals surface area contributed by atoms with Gasteiger partial charge in [-0.15, -0.1) is 17.9 Å². The van der Waals surface area contributed by atoms with Crippen LogP contribution in [-0.4, -0.2) is 47.1 Å². The molecule has 0 amide bonds. The first-order valence-electron chi connectivity index (χ1n) is 26.5. The zero-order valence-corrected chi connectivity index (χ0v) is 54.3. The fourth-order valence-electron chi connectivity index (χ4n) is 8.42. The molecule has 10 rings (SSSR count). The fraction of sp³-hybridized carbons (Fsp3) is 0.231. The average Bonchev–Trinajstić information content (AvgIpc) is 4.24. The Morgan fingerprint density at radius 2 is 0.817 bits per heavy atom. The van der Waals surface area contributed by atoms with Crippen LogP contribution < -0.4 is 43.2 Å². The van der Waals surface area contributed by atoms with Crippen molar-refractivity contribution in [3.05, 3.63) is 226 Å². The summed E-state index contributed by atoms with van der Waals surface area (Å²) in [5.41, 5.74) is 5.92. The number of nitrogens with zero attached hydrogens (tertiary/aromatic N) is 6. The fourth-order valence-corrected chi connectivity index (χ4v) is 13.8. The second kappa shape index (κ2) is 36.5. The Labute approximate surface area is 513 Å². The van der Waals surface area contributed by atoms with Gasteiger partial charge in [-0.2, -0.15) is 0 Å². The maximum Gasteiger partial charge on any atom is -0.0134 e. The number of fused-ring (bicyclic) bond motifs is 2. The molecule has 0 saturated heterocycles. The number of aromatic nitrogens is 8. The van der Waals surface area contributed by atoms with Gasteiger partial charge >= 0.3 is 46.4 Å². The van der Waals surface area contributed by atoms with E-state index in [2.05, 4.69) is 299 Å². The van der Waals surface area contributed by atoms with Crippen LogP contribution in [-0.2, 0) is 15.9 Å². The van der Waals surface area contributed by atoms with Crippen molar-refractivity contribution in [2.24, 2.45) is 0 Å². The second-order valence-electron chi connectivity index (χ2n) is 18.9. The molecule has 0 unspecified atom stereocenters. The van der Waals surface area contributed by atoms with Crippen LogP contribution in [0.1, 0.15) is 85.5 Å². The molecular weight excluding hydrogens is 1270 g/mol. The summed E-state index contributed by atoms with van der Waals surface area (Å²) in [5.74, 6) is 5.35. The number of rotatable bonds is 12. The minimum Gasteiger partial charge on any atom is -0.0622 e. The van der Waals surface area contributed by atoms with E-state index in [1.54, 1.807) is 28.5 Å². The number of benzene rings is 6. The van der Waals surface area contributed by atoms with Crippen molar-refractivity contribution in [1.82, 2.24) is 39.0 Å². The van der Waals surface area contributed by atoms with Crippen molar-refractivity contribution in [1.29, 1.82) is 0 Å². The van der Waals surface area contributed by atoms with Gasteiger partial charge in [0.15, 0.2) is 22.6 Å². The Hall–Kier alpha value is -6.06. The van der Waals surface area contributed by atoms with Crippen LogP contribution in [0.15, 0.2) is 209 Å². The summed E-state index contributed by atoms with van der Waals surface area (Å²) in [6.07, 6.45) is 11.4. The maximum atomic E-state index is 12.1. The van der Waals surface area contributed by atoms with E-state index < -0.39 is 23.9 Å². The van der Waals surface area contributed by atoms with Gasteiger partial charge in [-0.25, -0.2) is 29.5 Å². The van der Waals surface area contributed by atoms with Gasteiger partial charge in [-0.05, 0) is 96.2 Å². The average molecular weight is 1350 g/mol. The number of nitrogens with one attached hydrogen (secondary N) is 2. The Morgan fingerprint density at radius 3 is 1.09 bits per heavy atom. The molecule has 82 heavy (non-hydrogen) atoms. The third-order valence-electron chi connectivity index (χ3n) is 12.1. The monoisotopic (exact) mass is 1340 g/mol. The number of aromatic amines is 2. The van der Waals surface area contributed by atoms with E-state index >= 15 is 0 Å². The number of imidazole rings is 2. The molecular formula is C65H73BrCl2N8O2P2PdSi. The van der Waals surface area contributed by atoms with Gasteiger partial charge in [0, 0.05) is 12.1 Å². The second-order valence-corrected chi connectivity index (χ2v) is 31.2. The van der Waals surface area contributed by atoms with Gasteiger partial charge < -0.3 is 0 Å². The molecule has 430 valence electrons. The molecule has 0 atom stereocenters. The van der Waals surface area contributed by atoms with Crippen molar-refractivity contribution in [3.8, 4) is 23.8 Å². The summed E-state index contributed by atoms with van der Waals surface area (Å²) in [6, 6.07) is 65.0. The third kappa shape index (κ3) is 20.7. The molecule has 0 aliphatic carbocycles. The molecule has 0 aliphatic rings. The van der Waals surface area contributed by atoms with E-state index in [-0.39, 0.29) is 46.8 Å². The van der Waals surface area contributed by atoms with Crippen molar-refractivity contribution in [2.75, 3.05) is 0 Å². The molecule has 0 aliphatic heterocycles. The maximum absolute atomic E-state index is 12.1. The van der Waals surface area contributed by atoms with E-state index in [1.807, 2.05) is 0 Å². The first-order chi connectivity index (χ1) is 39.2. The normalized spacial score (nSPS) is 10.5. The van der Waals surface area contributed by atoms with Gasteiger partial charge in [0.2, 0.25) is 0 Å². The van der Waals surface area contributed by atoms with Crippen molar-refractivity contribution < 1.29 is 15.9 Å². The zero-order chi connectivity index (χ0) is 58.6. The van der Waals surface area contributed by atoms with Crippen molar-refractivity contribution in [3.63, 3.8) is 0 Å². The van der Waals surface area contributed by atoms with Gasteiger partial charge in [0.25, 0.3) is 0 Å². The summed E-state index contributed by atoms with van der Waals surface area (Å²) in [5, 5.41) is 8.39. The van der Waals surface area contributed by atoms with Gasteiger partial charge in [0.1, 0.15) is 18.4 Å². The predicted molar refractivity (Wildman–Crippen MR) is 357 cm³/mol. The van der Waals surface area contributed by atoms with Gasteiger partial charge in [-0.3, -0.25) is 19.1 Å². The zero-order valence-electron chi connectivity index (χ0n) is 46.9. The smallest absolute Gasteiger partial charge is 0.0134 e. The van der Waals surface area contributed by atoms with Gasteiger partial charge in [0.05, 0.1) is 12.4 Å². The summed E-state index contributed by atoms with van der Waals surface area (Å²) < 4.78 is 4.04. The molecule has 0 spiro atoms. The Bertz CT molecular complexity index is 3340. The van der Waals surface area contributed by atoms with Crippen LogP contribution in [0.2, 0.25) is 19.6 Å². The van der Waals surface area contributed by atoms with E-state index in [0.29, 0.717) is 32.9 Å². The van der Waals surface area contributed by atoms with Crippen LogP contribution in [0.3, 0.4) is 0 Å². The minimum atomic E-state index is -1.46. The number of terminal acetylenes is 1. The van der Waals surface area contributed by atoms with Crippen LogP contribution in [0, 0.1) is 23.8 Å². The van der Waals surface area contributed by atoms with E-state index in [4.69, 9.17) is 19.1 Å². The van der Waals surface area contributed by atoms with Crippen LogP contribution in [0.4, 0.5) is 0 Å². The van der Waals surface area contributed by atoms with Crippen molar-refractivity contribution in [2.45, 2.75) is 99.5 Å². The predicted octanol–water partition coefficient (Wildman–Crippen LogP) is 14.5. The molecule has 4 aromatic heterocycles. The third-order valence-corrected chi connectivity index (χ3v) is 18.2. The largest absolute Gasteiger partial charge is 0.0622 e. The first kappa shape index (κ1) is 68.4. The molecule has 17 heteroatoms. The number of hydrogen-bond acceptors (Lipinski definition) is 6. The molecule has 2 N–H and O–H groups in total. The van der Waals surface area contributed by atoms with Crippen molar-refractivity contribution >= 4 is 113 Å². The summed E-state index contributed by atoms with van der Waals surface area (Å²) in [7, 11) is 7.28. The summed E-state index contributed by atoms with van der Waals surface area (Å²) >= 11 is 3.16. The molecule has 10 nitrogen and oxygen atoms in total. The molecule has 0 fully saturated rings. The SMILES string of the molecule is C.C#CC.CCC(CC)n1c(=O)[nH]c2ncc(Br)nc21.CCC(CC)n1c(=O)[nH]c2ncc(C#C[Si](C)(C)C)nc21.[Cl][Pd][Cl].c1ccc(P(c2ccccc2)c2ccccc2)cc1.c1ccc(P(c2ccccc2)c2ccccc2)cc1. The van der Waals surface area contributed by atoms with E-state index in [9.17, 15) is 9.59 Å². The molecule has 4 heterocycles. The summed E-state index contributed by atoms with van der Waals surface area (Å²) in [6.45, 7) is 16.5. The molecule has 0 radical (unpaired) electrons. The first-order valence-corrected chi connectivity index (χ1v) is 37.5. The van der Waals surface area contributed by atoms with Crippen LogP contribution >= 0.6 is 50.8 Å². The summed E-state index contributed by atoms with van der Waals surface area (Å²) in [4.78, 5) is 46.7. The van der Waals surface area contributed by atoms with Crippen LogP contribution in [0.25, 0.3) is 22.6 Å². The Kier molecular flexibility index (Phi) is 30.5. The molecule has 10 aromatic rings. The number of hydrogen-bond donors (Lipinski definition) is 2.